The topological polar surface area (TPSA) is 46.4 Å². The largest absolute Gasteiger partial charge is 0.305 e. The lowest BCUT2D eigenvalue weighted by Crippen LogP contribution is -2.26. The molecule has 0 aliphatic heterocycles. The molecule has 0 amide bonds. The van der Waals surface area contributed by atoms with E-state index in [9.17, 15) is 14.5 Å². The van der Waals surface area contributed by atoms with Gasteiger partial charge in [-0.3, -0.25) is 15.0 Å². The molecule has 0 atom stereocenters. The van der Waals surface area contributed by atoms with E-state index in [1.165, 1.54) is 6.07 Å². The van der Waals surface area contributed by atoms with Crippen molar-refractivity contribution in [1.29, 1.82) is 0 Å². The van der Waals surface area contributed by atoms with Crippen molar-refractivity contribution >= 4 is 5.69 Å². The number of hydrogen-bond acceptors (Lipinski definition) is 3. The molecule has 1 rings (SSSR count). The Bertz CT molecular complexity index is 430. The van der Waals surface area contributed by atoms with Gasteiger partial charge in [-0.1, -0.05) is 38.8 Å². The minimum Gasteiger partial charge on any atom is -0.299 e. The summed E-state index contributed by atoms with van der Waals surface area (Å²) in [7, 11) is 0. The molecule has 0 aromatic heterocycles. The van der Waals surface area contributed by atoms with E-state index >= 15 is 0 Å². The van der Waals surface area contributed by atoms with Crippen LogP contribution in [-0.4, -0.2) is 22.9 Å². The SMILES string of the molecule is CCCCN(CCCC)Cc1cccc([N+](=O)[O-])c1F. The average molecular weight is 282 g/mol. The molecule has 0 bridgehead atoms. The van der Waals surface area contributed by atoms with Gasteiger partial charge in [0.05, 0.1) is 4.92 Å². The van der Waals surface area contributed by atoms with Crippen LogP contribution in [0.3, 0.4) is 0 Å². The molecule has 0 saturated heterocycles. The third-order valence-corrected chi connectivity index (χ3v) is 3.30. The second-order valence-electron chi connectivity index (χ2n) is 4.99. The first-order chi connectivity index (χ1) is 9.60. The highest BCUT2D eigenvalue weighted by molar-refractivity contribution is 5.36. The summed E-state index contributed by atoms with van der Waals surface area (Å²) >= 11 is 0. The Morgan fingerprint density at radius 2 is 1.80 bits per heavy atom. The molecule has 4 nitrogen and oxygen atoms in total. The summed E-state index contributed by atoms with van der Waals surface area (Å²) in [5, 5.41) is 10.8. The summed E-state index contributed by atoms with van der Waals surface area (Å²) in [6.45, 7) is 6.47. The van der Waals surface area contributed by atoms with E-state index in [0.717, 1.165) is 38.8 Å². The highest BCUT2D eigenvalue weighted by Gasteiger charge is 2.18. The van der Waals surface area contributed by atoms with E-state index in [1.807, 2.05) is 0 Å². The van der Waals surface area contributed by atoms with E-state index in [4.69, 9.17) is 0 Å². The zero-order valence-corrected chi connectivity index (χ0v) is 12.3. The minimum atomic E-state index is -0.699. The van der Waals surface area contributed by atoms with Crippen molar-refractivity contribution in [1.82, 2.24) is 4.90 Å². The fourth-order valence-electron chi connectivity index (χ4n) is 2.10. The number of halogens is 1. The predicted molar refractivity (Wildman–Crippen MR) is 78.1 cm³/mol. The monoisotopic (exact) mass is 282 g/mol. The van der Waals surface area contributed by atoms with Crippen LogP contribution in [0.15, 0.2) is 18.2 Å². The van der Waals surface area contributed by atoms with Gasteiger partial charge in [0.2, 0.25) is 5.82 Å². The molecule has 0 N–H and O–H groups in total. The number of benzene rings is 1. The molecule has 1 aromatic carbocycles. The average Bonchev–Trinajstić information content (AvgIpc) is 2.43. The van der Waals surface area contributed by atoms with Gasteiger partial charge in [-0.05, 0) is 25.9 Å². The Labute approximate surface area is 119 Å². The Morgan fingerprint density at radius 1 is 1.20 bits per heavy atom. The van der Waals surface area contributed by atoms with Crippen LogP contribution in [0.25, 0.3) is 0 Å². The molecule has 1 aromatic rings. The van der Waals surface area contributed by atoms with Gasteiger partial charge in [-0.15, -0.1) is 0 Å². The Balaban J connectivity index is 2.81. The summed E-state index contributed by atoms with van der Waals surface area (Å²) in [4.78, 5) is 12.3. The van der Waals surface area contributed by atoms with Gasteiger partial charge in [0.15, 0.2) is 0 Å². The van der Waals surface area contributed by atoms with Crippen LogP contribution >= 0.6 is 0 Å². The maximum atomic E-state index is 14.1. The Kier molecular flexibility index (Phi) is 7.15. The van der Waals surface area contributed by atoms with Crippen molar-refractivity contribution in [3.05, 3.63) is 39.7 Å². The fourth-order valence-corrected chi connectivity index (χ4v) is 2.10. The van der Waals surface area contributed by atoms with Gasteiger partial charge >= 0.3 is 5.69 Å². The van der Waals surface area contributed by atoms with Crippen LogP contribution < -0.4 is 0 Å². The fraction of sp³-hybridized carbons (Fsp3) is 0.600. The zero-order valence-electron chi connectivity index (χ0n) is 12.3. The first kappa shape index (κ1) is 16.6. The van der Waals surface area contributed by atoms with E-state index in [0.29, 0.717) is 12.1 Å². The minimum absolute atomic E-state index is 0.409. The Morgan fingerprint density at radius 3 is 2.30 bits per heavy atom. The molecule has 0 spiro atoms. The van der Waals surface area contributed by atoms with Crippen molar-refractivity contribution in [3.8, 4) is 0 Å². The van der Waals surface area contributed by atoms with Gasteiger partial charge in [-0.2, -0.15) is 4.39 Å². The van der Waals surface area contributed by atoms with Crippen molar-refractivity contribution in [2.75, 3.05) is 13.1 Å². The van der Waals surface area contributed by atoms with Crippen LogP contribution in [0.2, 0.25) is 0 Å². The summed E-state index contributed by atoms with van der Waals surface area (Å²) in [5.41, 5.74) is -0.0279. The Hall–Kier alpha value is -1.49. The van der Waals surface area contributed by atoms with Crippen LogP contribution in [0, 0.1) is 15.9 Å². The first-order valence-corrected chi connectivity index (χ1v) is 7.24. The van der Waals surface area contributed by atoms with E-state index in [2.05, 4.69) is 18.7 Å². The number of nitro groups is 1. The van der Waals surface area contributed by atoms with Gasteiger partial charge in [0.25, 0.3) is 0 Å². The van der Waals surface area contributed by atoms with E-state index in [-0.39, 0.29) is 0 Å². The normalized spacial score (nSPS) is 11.0. The number of rotatable bonds is 9. The molecule has 0 saturated carbocycles. The van der Waals surface area contributed by atoms with Gasteiger partial charge < -0.3 is 0 Å². The quantitative estimate of drug-likeness (QED) is 0.505. The van der Waals surface area contributed by atoms with Crippen molar-refractivity contribution in [3.63, 3.8) is 0 Å². The lowest BCUT2D eigenvalue weighted by atomic mass is 10.1. The molecule has 112 valence electrons. The third-order valence-electron chi connectivity index (χ3n) is 3.30. The van der Waals surface area contributed by atoms with E-state index in [1.54, 1.807) is 12.1 Å². The second-order valence-corrected chi connectivity index (χ2v) is 4.99. The summed E-state index contributed by atoms with van der Waals surface area (Å²) in [6, 6.07) is 4.39. The van der Waals surface area contributed by atoms with Gasteiger partial charge in [0, 0.05) is 18.2 Å². The third kappa shape index (κ3) is 4.89. The standard InChI is InChI=1S/C15H23FN2O2/c1-3-5-10-17(11-6-4-2)12-13-8-7-9-14(15(13)16)18(19)20/h7-9H,3-6,10-12H2,1-2H3. The maximum absolute atomic E-state index is 14.1. The summed E-state index contributed by atoms with van der Waals surface area (Å²) in [6.07, 6.45) is 4.28. The molecule has 0 heterocycles. The van der Waals surface area contributed by atoms with Crippen molar-refractivity contribution in [2.45, 2.75) is 46.1 Å². The van der Waals surface area contributed by atoms with Crippen LogP contribution in [0.4, 0.5) is 10.1 Å². The predicted octanol–water partition coefficient (Wildman–Crippen LogP) is 4.14. The highest BCUT2D eigenvalue weighted by Crippen LogP contribution is 2.21. The molecule has 0 fully saturated rings. The van der Waals surface area contributed by atoms with Crippen LogP contribution in [0.5, 0.6) is 0 Å². The van der Waals surface area contributed by atoms with Crippen molar-refractivity contribution in [2.24, 2.45) is 0 Å². The molecule has 20 heavy (non-hydrogen) atoms. The smallest absolute Gasteiger partial charge is 0.299 e. The molecule has 0 unspecified atom stereocenters. The van der Waals surface area contributed by atoms with Crippen LogP contribution in [0.1, 0.15) is 45.1 Å². The van der Waals surface area contributed by atoms with Crippen molar-refractivity contribution < 1.29 is 9.31 Å². The number of hydrogen-bond donors (Lipinski definition) is 0. The van der Waals surface area contributed by atoms with Gasteiger partial charge in [-0.25, -0.2) is 0 Å². The number of nitro benzene ring substituents is 1. The maximum Gasteiger partial charge on any atom is 0.305 e. The number of nitrogens with zero attached hydrogens (tertiary/aromatic N) is 2. The molecular formula is C15H23FN2O2. The highest BCUT2D eigenvalue weighted by atomic mass is 19.1. The molecule has 5 heteroatoms. The zero-order chi connectivity index (χ0) is 15.0. The molecule has 0 aliphatic rings. The van der Waals surface area contributed by atoms with Gasteiger partial charge in [0.1, 0.15) is 0 Å². The summed E-state index contributed by atoms with van der Waals surface area (Å²) in [5.74, 6) is -0.699. The summed E-state index contributed by atoms with van der Waals surface area (Å²) < 4.78 is 14.1. The molecule has 0 radical (unpaired) electrons. The second kappa shape index (κ2) is 8.64. The molecular weight excluding hydrogens is 259 g/mol. The lowest BCUT2D eigenvalue weighted by molar-refractivity contribution is -0.387. The number of unbranched alkanes of at least 4 members (excludes halogenated alkanes) is 2. The van der Waals surface area contributed by atoms with E-state index < -0.39 is 16.4 Å². The first-order valence-electron chi connectivity index (χ1n) is 7.24. The van der Waals surface area contributed by atoms with Crippen LogP contribution in [-0.2, 0) is 6.54 Å². The lowest BCUT2D eigenvalue weighted by Gasteiger charge is -2.22. The molecule has 0 aliphatic carbocycles.